The molecule has 0 bridgehead atoms. The lowest BCUT2D eigenvalue weighted by Gasteiger charge is -2.17. The van der Waals surface area contributed by atoms with Crippen LogP contribution in [-0.4, -0.2) is 28.3 Å². The lowest BCUT2D eigenvalue weighted by Crippen LogP contribution is -2.44. The Hall–Kier alpha value is -1.39. The quantitative estimate of drug-likeness (QED) is 0.694. The lowest BCUT2D eigenvalue weighted by atomic mass is 10.1. The van der Waals surface area contributed by atoms with Crippen molar-refractivity contribution in [2.45, 2.75) is 32.5 Å². The highest BCUT2D eigenvalue weighted by Crippen LogP contribution is 2.04. The summed E-state index contributed by atoms with van der Waals surface area (Å²) in [4.78, 5) is 10.8. The monoisotopic (exact) mass is 223 g/mol. The molecule has 0 heterocycles. The minimum Gasteiger partial charge on any atom is -0.480 e. The molecule has 2 unspecified atom stereocenters. The molecule has 0 fully saturated rings. The summed E-state index contributed by atoms with van der Waals surface area (Å²) in [6, 6.07) is 6.87. The van der Waals surface area contributed by atoms with Crippen LogP contribution in [0.3, 0.4) is 0 Å². The molecule has 0 aliphatic rings. The van der Waals surface area contributed by atoms with Crippen molar-refractivity contribution in [1.29, 1.82) is 0 Å². The fraction of sp³-hybridized carbons (Fsp3) is 0.417. The van der Waals surface area contributed by atoms with Crippen molar-refractivity contribution in [3.8, 4) is 0 Å². The summed E-state index contributed by atoms with van der Waals surface area (Å²) in [6.45, 7) is 3.87. The van der Waals surface area contributed by atoms with Crippen molar-refractivity contribution in [2.24, 2.45) is 0 Å². The molecule has 3 N–H and O–H groups in total. The van der Waals surface area contributed by atoms with Crippen molar-refractivity contribution in [3.63, 3.8) is 0 Å². The first-order valence-corrected chi connectivity index (χ1v) is 5.20. The number of carboxylic acids is 1. The van der Waals surface area contributed by atoms with Crippen molar-refractivity contribution >= 4 is 5.97 Å². The van der Waals surface area contributed by atoms with Crippen molar-refractivity contribution in [1.82, 2.24) is 5.32 Å². The van der Waals surface area contributed by atoms with Gasteiger partial charge in [0.05, 0.1) is 6.10 Å². The van der Waals surface area contributed by atoms with Crippen LogP contribution in [-0.2, 0) is 11.3 Å². The number of carbonyl (C=O) groups is 1. The highest BCUT2D eigenvalue weighted by molar-refractivity contribution is 5.74. The number of benzene rings is 1. The number of nitrogens with one attached hydrogen (secondary N) is 1. The van der Waals surface area contributed by atoms with Gasteiger partial charge in [-0.2, -0.15) is 0 Å². The number of hydrogen-bond acceptors (Lipinski definition) is 3. The first kappa shape index (κ1) is 12.7. The topological polar surface area (TPSA) is 69.6 Å². The number of carboxylic acid groups (broad SMARTS) is 1. The molecule has 1 aromatic rings. The zero-order valence-electron chi connectivity index (χ0n) is 9.47. The first-order chi connectivity index (χ1) is 7.50. The van der Waals surface area contributed by atoms with E-state index in [9.17, 15) is 9.90 Å². The minimum absolute atomic E-state index is 0.434. The Bertz CT molecular complexity index is 363. The van der Waals surface area contributed by atoms with Crippen LogP contribution in [0.1, 0.15) is 18.1 Å². The summed E-state index contributed by atoms with van der Waals surface area (Å²) in [7, 11) is 0. The zero-order chi connectivity index (χ0) is 12.1. The van der Waals surface area contributed by atoms with Gasteiger partial charge >= 0.3 is 5.97 Å². The fourth-order valence-electron chi connectivity index (χ4n) is 1.51. The third kappa shape index (κ3) is 3.64. The molecule has 88 valence electrons. The van der Waals surface area contributed by atoms with E-state index in [-0.39, 0.29) is 0 Å². The van der Waals surface area contributed by atoms with Crippen LogP contribution >= 0.6 is 0 Å². The Morgan fingerprint density at radius 3 is 2.69 bits per heavy atom. The smallest absolute Gasteiger partial charge is 0.323 e. The number of aliphatic hydroxyl groups is 1. The van der Waals surface area contributed by atoms with Crippen LogP contribution in [0.15, 0.2) is 24.3 Å². The predicted octanol–water partition coefficient (Wildman–Crippen LogP) is 0.919. The average molecular weight is 223 g/mol. The molecule has 4 heteroatoms. The van der Waals surface area contributed by atoms with Gasteiger partial charge < -0.3 is 10.2 Å². The molecule has 0 spiro atoms. The van der Waals surface area contributed by atoms with E-state index in [4.69, 9.17) is 5.11 Å². The molecule has 0 aliphatic carbocycles. The third-order valence-corrected chi connectivity index (χ3v) is 2.36. The molecular formula is C12H17NO3. The van der Waals surface area contributed by atoms with Gasteiger partial charge in [-0.05, 0) is 19.4 Å². The van der Waals surface area contributed by atoms with Crippen LogP contribution in [0.4, 0.5) is 0 Å². The zero-order valence-corrected chi connectivity index (χ0v) is 9.47. The summed E-state index contributed by atoms with van der Waals surface area (Å²) in [5.74, 6) is -1.04. The molecular weight excluding hydrogens is 206 g/mol. The Morgan fingerprint density at radius 2 is 2.19 bits per heavy atom. The second-order valence-electron chi connectivity index (χ2n) is 3.93. The van der Waals surface area contributed by atoms with Gasteiger partial charge in [-0.3, -0.25) is 10.1 Å². The van der Waals surface area contributed by atoms with Crippen LogP contribution in [0.5, 0.6) is 0 Å². The maximum atomic E-state index is 10.8. The van der Waals surface area contributed by atoms with Gasteiger partial charge in [0.25, 0.3) is 0 Å². The van der Waals surface area contributed by atoms with Gasteiger partial charge in [0.2, 0.25) is 0 Å². The van der Waals surface area contributed by atoms with Crippen molar-refractivity contribution in [3.05, 3.63) is 35.4 Å². The summed E-state index contributed by atoms with van der Waals surface area (Å²) in [5, 5.41) is 20.9. The molecule has 2 atom stereocenters. The highest BCUT2D eigenvalue weighted by atomic mass is 16.4. The van der Waals surface area contributed by atoms with E-state index >= 15 is 0 Å². The molecule has 1 aromatic carbocycles. The van der Waals surface area contributed by atoms with Gasteiger partial charge in [0, 0.05) is 6.54 Å². The van der Waals surface area contributed by atoms with E-state index in [0.717, 1.165) is 11.1 Å². The van der Waals surface area contributed by atoms with E-state index in [1.165, 1.54) is 6.92 Å². The lowest BCUT2D eigenvalue weighted by molar-refractivity contribution is -0.142. The standard InChI is InChI=1S/C12H17NO3/c1-8-4-3-5-10(6-8)7-13-11(9(2)14)12(15)16/h3-6,9,11,13-14H,7H2,1-2H3,(H,15,16). The van der Waals surface area contributed by atoms with E-state index < -0.39 is 18.1 Å². The first-order valence-electron chi connectivity index (χ1n) is 5.20. The fourth-order valence-corrected chi connectivity index (χ4v) is 1.51. The molecule has 0 radical (unpaired) electrons. The highest BCUT2D eigenvalue weighted by Gasteiger charge is 2.21. The largest absolute Gasteiger partial charge is 0.480 e. The number of aliphatic carboxylic acids is 1. The molecule has 0 aromatic heterocycles. The summed E-state index contributed by atoms with van der Waals surface area (Å²) in [5.41, 5.74) is 2.13. The molecule has 4 nitrogen and oxygen atoms in total. The maximum absolute atomic E-state index is 10.8. The van der Waals surface area contributed by atoms with Gasteiger partial charge in [-0.15, -0.1) is 0 Å². The van der Waals surface area contributed by atoms with Gasteiger partial charge in [-0.25, -0.2) is 0 Å². The molecule has 0 saturated heterocycles. The molecule has 0 amide bonds. The normalized spacial score (nSPS) is 14.4. The van der Waals surface area contributed by atoms with Gasteiger partial charge in [0.15, 0.2) is 0 Å². The molecule has 0 aliphatic heterocycles. The second kappa shape index (κ2) is 5.63. The summed E-state index contributed by atoms with van der Waals surface area (Å²) in [6.07, 6.45) is -0.915. The molecule has 1 rings (SSSR count). The Kier molecular flexibility index (Phi) is 4.46. The summed E-state index contributed by atoms with van der Waals surface area (Å²) >= 11 is 0. The van der Waals surface area contributed by atoms with E-state index in [0.29, 0.717) is 6.54 Å². The van der Waals surface area contributed by atoms with E-state index in [2.05, 4.69) is 5.32 Å². The molecule has 0 saturated carbocycles. The van der Waals surface area contributed by atoms with E-state index in [1.807, 2.05) is 31.2 Å². The number of rotatable bonds is 5. The summed E-state index contributed by atoms with van der Waals surface area (Å²) < 4.78 is 0. The van der Waals surface area contributed by atoms with Gasteiger partial charge in [0.1, 0.15) is 6.04 Å². The Morgan fingerprint density at radius 1 is 1.50 bits per heavy atom. The van der Waals surface area contributed by atoms with Gasteiger partial charge in [-0.1, -0.05) is 29.8 Å². The second-order valence-corrected chi connectivity index (χ2v) is 3.93. The van der Waals surface area contributed by atoms with Crippen molar-refractivity contribution < 1.29 is 15.0 Å². The van der Waals surface area contributed by atoms with Crippen LogP contribution < -0.4 is 5.32 Å². The number of hydrogen-bond donors (Lipinski definition) is 3. The Balaban J connectivity index is 2.59. The third-order valence-electron chi connectivity index (χ3n) is 2.36. The SMILES string of the molecule is Cc1cccc(CNC(C(=O)O)C(C)O)c1. The average Bonchev–Trinajstić information content (AvgIpc) is 2.16. The molecule has 16 heavy (non-hydrogen) atoms. The maximum Gasteiger partial charge on any atom is 0.323 e. The minimum atomic E-state index is -1.04. The number of aryl methyl sites for hydroxylation is 1. The number of aliphatic hydroxyl groups excluding tert-OH is 1. The predicted molar refractivity (Wildman–Crippen MR) is 61.1 cm³/mol. The van der Waals surface area contributed by atoms with Crippen LogP contribution in [0.2, 0.25) is 0 Å². The Labute approximate surface area is 94.9 Å². The van der Waals surface area contributed by atoms with E-state index in [1.54, 1.807) is 0 Å². The van der Waals surface area contributed by atoms with Crippen LogP contribution in [0.25, 0.3) is 0 Å². The van der Waals surface area contributed by atoms with Crippen molar-refractivity contribution in [2.75, 3.05) is 0 Å². The van der Waals surface area contributed by atoms with Crippen LogP contribution in [0, 0.1) is 6.92 Å².